The Morgan fingerprint density at radius 3 is 2.77 bits per heavy atom. The standard InChI is InChI=1S/C16H15ClFNO2S/c17-11-3-1-4-12(18)14(11)15(20)19-9-16(21,10-6-7-10)13-5-2-8-22-13/h1-5,8,10,21H,6-7,9H2,(H,19,20). The van der Waals surface area contributed by atoms with Crippen LogP contribution in [0.3, 0.4) is 0 Å². The van der Waals surface area contributed by atoms with Gasteiger partial charge in [0.05, 0.1) is 17.1 Å². The number of amides is 1. The molecule has 1 aliphatic carbocycles. The highest BCUT2D eigenvalue weighted by Crippen LogP contribution is 2.46. The molecule has 6 heteroatoms. The fourth-order valence-corrected chi connectivity index (χ4v) is 3.69. The molecule has 1 aromatic heterocycles. The molecule has 0 radical (unpaired) electrons. The van der Waals surface area contributed by atoms with Gasteiger partial charge in [-0.1, -0.05) is 23.7 Å². The highest BCUT2D eigenvalue weighted by Gasteiger charge is 2.46. The molecule has 1 saturated carbocycles. The van der Waals surface area contributed by atoms with Crippen LogP contribution >= 0.6 is 22.9 Å². The van der Waals surface area contributed by atoms with Crippen molar-refractivity contribution in [2.75, 3.05) is 6.54 Å². The molecule has 0 spiro atoms. The minimum absolute atomic E-state index is 0.0433. The lowest BCUT2D eigenvalue weighted by Gasteiger charge is -2.27. The Balaban J connectivity index is 1.77. The van der Waals surface area contributed by atoms with Crippen LogP contribution in [0.25, 0.3) is 0 Å². The van der Waals surface area contributed by atoms with Gasteiger partial charge in [0, 0.05) is 4.88 Å². The second-order valence-corrected chi connectivity index (χ2v) is 6.81. The van der Waals surface area contributed by atoms with Crippen molar-refractivity contribution in [3.63, 3.8) is 0 Å². The zero-order valence-electron chi connectivity index (χ0n) is 11.7. The summed E-state index contributed by atoms with van der Waals surface area (Å²) in [7, 11) is 0. The van der Waals surface area contributed by atoms with Crippen LogP contribution in [0.2, 0.25) is 5.02 Å². The summed E-state index contributed by atoms with van der Waals surface area (Å²) in [5.74, 6) is -1.16. The number of hydrogen-bond donors (Lipinski definition) is 2. The molecule has 1 heterocycles. The van der Waals surface area contributed by atoms with Crippen LogP contribution in [-0.4, -0.2) is 17.6 Å². The van der Waals surface area contributed by atoms with Gasteiger partial charge in [0.25, 0.3) is 5.91 Å². The van der Waals surface area contributed by atoms with Crippen molar-refractivity contribution in [2.24, 2.45) is 5.92 Å². The number of aliphatic hydroxyl groups is 1. The molecule has 1 fully saturated rings. The van der Waals surface area contributed by atoms with Crippen molar-refractivity contribution < 1.29 is 14.3 Å². The quantitative estimate of drug-likeness (QED) is 0.875. The zero-order valence-corrected chi connectivity index (χ0v) is 13.3. The van der Waals surface area contributed by atoms with Crippen LogP contribution in [0.4, 0.5) is 4.39 Å². The smallest absolute Gasteiger partial charge is 0.255 e. The van der Waals surface area contributed by atoms with Gasteiger partial charge >= 0.3 is 0 Å². The summed E-state index contributed by atoms with van der Waals surface area (Å²) in [4.78, 5) is 13.0. The number of carbonyl (C=O) groups is 1. The summed E-state index contributed by atoms with van der Waals surface area (Å²) in [5.41, 5.74) is -1.28. The van der Waals surface area contributed by atoms with E-state index in [1.54, 1.807) is 0 Å². The summed E-state index contributed by atoms with van der Waals surface area (Å²) in [6.07, 6.45) is 1.84. The Bertz CT molecular complexity index is 667. The minimum Gasteiger partial charge on any atom is -0.382 e. The highest BCUT2D eigenvalue weighted by atomic mass is 35.5. The molecule has 0 saturated heterocycles. The van der Waals surface area contributed by atoms with Gasteiger partial charge in [-0.15, -0.1) is 11.3 Å². The Kier molecular flexibility index (Phi) is 4.21. The molecule has 3 rings (SSSR count). The fourth-order valence-electron chi connectivity index (χ4n) is 2.54. The second kappa shape index (κ2) is 5.99. The van der Waals surface area contributed by atoms with Crippen LogP contribution in [-0.2, 0) is 5.60 Å². The van der Waals surface area contributed by atoms with E-state index in [2.05, 4.69) is 5.32 Å². The van der Waals surface area contributed by atoms with E-state index in [1.165, 1.54) is 29.5 Å². The number of halogens is 2. The van der Waals surface area contributed by atoms with Gasteiger partial charge in [-0.05, 0) is 42.3 Å². The van der Waals surface area contributed by atoms with Crippen LogP contribution in [0, 0.1) is 11.7 Å². The molecule has 22 heavy (non-hydrogen) atoms. The SMILES string of the molecule is O=C(NCC(O)(c1cccs1)C1CC1)c1c(F)cccc1Cl. The van der Waals surface area contributed by atoms with E-state index >= 15 is 0 Å². The maximum atomic E-state index is 13.8. The Morgan fingerprint density at radius 2 is 2.18 bits per heavy atom. The molecular weight excluding hydrogens is 325 g/mol. The van der Waals surface area contributed by atoms with E-state index in [4.69, 9.17) is 11.6 Å². The predicted octanol–water partition coefficient (Wildman–Crippen LogP) is 3.57. The van der Waals surface area contributed by atoms with Crippen molar-refractivity contribution in [3.8, 4) is 0 Å². The molecule has 3 nitrogen and oxygen atoms in total. The van der Waals surface area contributed by atoms with Crippen LogP contribution < -0.4 is 5.32 Å². The molecule has 0 aliphatic heterocycles. The number of benzene rings is 1. The predicted molar refractivity (Wildman–Crippen MR) is 84.7 cm³/mol. The first-order chi connectivity index (χ1) is 10.5. The Labute approximate surface area is 136 Å². The average Bonchev–Trinajstić information content (AvgIpc) is 3.20. The van der Waals surface area contributed by atoms with Crippen molar-refractivity contribution in [3.05, 3.63) is 57.0 Å². The molecule has 0 bridgehead atoms. The van der Waals surface area contributed by atoms with E-state index in [-0.39, 0.29) is 23.0 Å². The average molecular weight is 340 g/mol. The van der Waals surface area contributed by atoms with Crippen molar-refractivity contribution in [1.82, 2.24) is 5.32 Å². The number of hydrogen-bond acceptors (Lipinski definition) is 3. The van der Waals surface area contributed by atoms with Crippen LogP contribution in [0.15, 0.2) is 35.7 Å². The van der Waals surface area contributed by atoms with E-state index < -0.39 is 17.3 Å². The maximum absolute atomic E-state index is 13.8. The van der Waals surface area contributed by atoms with Crippen molar-refractivity contribution in [1.29, 1.82) is 0 Å². The molecule has 2 N–H and O–H groups in total. The molecule has 1 unspecified atom stereocenters. The zero-order chi connectivity index (χ0) is 15.7. The van der Waals surface area contributed by atoms with Crippen molar-refractivity contribution in [2.45, 2.75) is 18.4 Å². The van der Waals surface area contributed by atoms with E-state index in [1.807, 2.05) is 17.5 Å². The molecule has 2 aromatic rings. The van der Waals surface area contributed by atoms with E-state index in [0.29, 0.717) is 0 Å². The largest absolute Gasteiger partial charge is 0.382 e. The lowest BCUT2D eigenvalue weighted by Crippen LogP contribution is -2.42. The summed E-state index contributed by atoms with van der Waals surface area (Å²) in [6, 6.07) is 7.81. The third-order valence-electron chi connectivity index (χ3n) is 3.91. The third-order valence-corrected chi connectivity index (χ3v) is 5.26. The maximum Gasteiger partial charge on any atom is 0.255 e. The summed E-state index contributed by atoms with van der Waals surface area (Å²) in [5, 5.41) is 15.5. The molecule has 1 aliphatic rings. The van der Waals surface area contributed by atoms with Gasteiger partial charge < -0.3 is 10.4 Å². The Morgan fingerprint density at radius 1 is 1.41 bits per heavy atom. The normalized spacial score (nSPS) is 17.0. The number of nitrogens with one attached hydrogen (secondary N) is 1. The first-order valence-electron chi connectivity index (χ1n) is 7.01. The van der Waals surface area contributed by atoms with Gasteiger partial charge in [-0.25, -0.2) is 4.39 Å². The van der Waals surface area contributed by atoms with Gasteiger partial charge in [-0.3, -0.25) is 4.79 Å². The second-order valence-electron chi connectivity index (χ2n) is 5.46. The lowest BCUT2D eigenvalue weighted by atomic mass is 9.95. The fraction of sp³-hybridized carbons (Fsp3) is 0.312. The van der Waals surface area contributed by atoms with Crippen LogP contribution in [0.5, 0.6) is 0 Å². The van der Waals surface area contributed by atoms with E-state index in [9.17, 15) is 14.3 Å². The molecular formula is C16H15ClFNO2S. The van der Waals surface area contributed by atoms with Crippen LogP contribution in [0.1, 0.15) is 28.1 Å². The third kappa shape index (κ3) is 2.89. The molecule has 1 amide bonds. The first-order valence-corrected chi connectivity index (χ1v) is 8.26. The first kappa shape index (κ1) is 15.5. The summed E-state index contributed by atoms with van der Waals surface area (Å²) >= 11 is 7.34. The summed E-state index contributed by atoms with van der Waals surface area (Å²) in [6.45, 7) is 0.0433. The van der Waals surface area contributed by atoms with E-state index in [0.717, 1.165) is 17.7 Å². The topological polar surface area (TPSA) is 49.3 Å². The van der Waals surface area contributed by atoms with Gasteiger partial charge in [0.2, 0.25) is 0 Å². The minimum atomic E-state index is -1.10. The monoisotopic (exact) mass is 339 g/mol. The van der Waals surface area contributed by atoms with Gasteiger partial charge in [0.15, 0.2) is 0 Å². The number of rotatable bonds is 5. The molecule has 1 atom stereocenters. The molecule has 1 aromatic carbocycles. The lowest BCUT2D eigenvalue weighted by molar-refractivity contribution is 0.0169. The number of carbonyl (C=O) groups excluding carboxylic acids is 1. The highest BCUT2D eigenvalue weighted by molar-refractivity contribution is 7.10. The van der Waals surface area contributed by atoms with Crippen molar-refractivity contribution >= 4 is 28.8 Å². The van der Waals surface area contributed by atoms with Gasteiger partial charge in [0.1, 0.15) is 11.4 Å². The number of thiophene rings is 1. The molecule has 116 valence electrons. The summed E-state index contributed by atoms with van der Waals surface area (Å²) < 4.78 is 13.8. The Hall–Kier alpha value is -1.43. The van der Waals surface area contributed by atoms with Gasteiger partial charge in [-0.2, -0.15) is 0 Å².